The first-order valence-electron chi connectivity index (χ1n) is 6.35. The summed E-state index contributed by atoms with van der Waals surface area (Å²) in [7, 11) is 0. The summed E-state index contributed by atoms with van der Waals surface area (Å²) in [6.45, 7) is 2.76. The highest BCUT2D eigenvalue weighted by Crippen LogP contribution is 2.08. The first kappa shape index (κ1) is 12.8. The van der Waals surface area contributed by atoms with E-state index in [1.54, 1.807) is 0 Å². The highest BCUT2D eigenvalue weighted by Gasteiger charge is 2.06. The number of hydrogen-bond donors (Lipinski definition) is 1. The van der Waals surface area contributed by atoms with Crippen LogP contribution in [-0.2, 0) is 19.3 Å². The Balaban J connectivity index is 1.88. The van der Waals surface area contributed by atoms with E-state index < -0.39 is 0 Å². The zero-order valence-corrected chi connectivity index (χ0v) is 10.7. The molecule has 0 radical (unpaired) electrons. The molecule has 0 saturated carbocycles. The zero-order valence-electron chi connectivity index (χ0n) is 10.7. The van der Waals surface area contributed by atoms with Gasteiger partial charge in [-0.25, -0.2) is 0 Å². The van der Waals surface area contributed by atoms with Crippen molar-refractivity contribution < 1.29 is 4.52 Å². The molecule has 1 aromatic heterocycles. The first-order valence-corrected chi connectivity index (χ1v) is 6.35. The van der Waals surface area contributed by atoms with Crippen molar-refractivity contribution in [3.05, 3.63) is 47.1 Å². The highest BCUT2D eigenvalue weighted by molar-refractivity contribution is 5.22. The first-order chi connectivity index (χ1) is 8.78. The van der Waals surface area contributed by atoms with E-state index >= 15 is 0 Å². The normalized spacial score (nSPS) is 10.8. The van der Waals surface area contributed by atoms with Crippen molar-refractivity contribution in [3.63, 3.8) is 0 Å². The van der Waals surface area contributed by atoms with Gasteiger partial charge in [0.15, 0.2) is 5.82 Å². The molecule has 2 N–H and O–H groups in total. The molecule has 0 aliphatic rings. The van der Waals surface area contributed by atoms with E-state index in [0.29, 0.717) is 12.4 Å². The fraction of sp³-hybridized carbons (Fsp3) is 0.429. The van der Waals surface area contributed by atoms with Gasteiger partial charge >= 0.3 is 0 Å². The van der Waals surface area contributed by atoms with E-state index in [0.717, 1.165) is 31.5 Å². The Morgan fingerprint density at radius 3 is 2.89 bits per heavy atom. The minimum Gasteiger partial charge on any atom is -0.339 e. The second kappa shape index (κ2) is 6.31. The Morgan fingerprint density at radius 2 is 2.11 bits per heavy atom. The standard InChI is InChI=1S/C14H19N3O/c1-11-4-2-5-12(10-11)7-8-14-16-13(17-18-14)6-3-9-15/h2,4-5,10H,3,6-9,15H2,1H3. The third-order valence-electron chi connectivity index (χ3n) is 2.82. The summed E-state index contributed by atoms with van der Waals surface area (Å²) in [5.74, 6) is 1.48. The number of nitrogens with two attached hydrogens (primary N) is 1. The summed E-state index contributed by atoms with van der Waals surface area (Å²) < 4.78 is 5.21. The quantitative estimate of drug-likeness (QED) is 0.846. The molecule has 2 aromatic rings. The number of hydrogen-bond acceptors (Lipinski definition) is 4. The number of rotatable bonds is 6. The number of nitrogens with zero attached hydrogens (tertiary/aromatic N) is 2. The van der Waals surface area contributed by atoms with E-state index in [-0.39, 0.29) is 0 Å². The molecule has 0 amide bonds. The van der Waals surface area contributed by atoms with Crippen LogP contribution >= 0.6 is 0 Å². The second-order valence-corrected chi connectivity index (χ2v) is 4.49. The van der Waals surface area contributed by atoms with Gasteiger partial charge in [-0.05, 0) is 31.9 Å². The SMILES string of the molecule is Cc1cccc(CCc2nc(CCCN)no2)c1. The fourth-order valence-corrected chi connectivity index (χ4v) is 1.87. The maximum Gasteiger partial charge on any atom is 0.226 e. The summed E-state index contributed by atoms with van der Waals surface area (Å²) in [6.07, 6.45) is 3.42. The largest absolute Gasteiger partial charge is 0.339 e. The van der Waals surface area contributed by atoms with Gasteiger partial charge < -0.3 is 10.3 Å². The minimum atomic E-state index is 0.660. The van der Waals surface area contributed by atoms with Crippen molar-refractivity contribution in [3.8, 4) is 0 Å². The molecule has 0 fully saturated rings. The van der Waals surface area contributed by atoms with E-state index in [9.17, 15) is 0 Å². The number of aryl methyl sites for hydroxylation is 4. The van der Waals surface area contributed by atoms with Crippen LogP contribution < -0.4 is 5.73 Å². The van der Waals surface area contributed by atoms with E-state index in [1.165, 1.54) is 11.1 Å². The van der Waals surface area contributed by atoms with Gasteiger partial charge in [0, 0.05) is 12.8 Å². The van der Waals surface area contributed by atoms with Crippen molar-refractivity contribution in [2.24, 2.45) is 5.73 Å². The van der Waals surface area contributed by atoms with Crippen LogP contribution in [-0.4, -0.2) is 16.7 Å². The van der Waals surface area contributed by atoms with Crippen LogP contribution in [0.4, 0.5) is 0 Å². The van der Waals surface area contributed by atoms with Crippen molar-refractivity contribution in [2.45, 2.75) is 32.6 Å². The van der Waals surface area contributed by atoms with Gasteiger partial charge in [-0.15, -0.1) is 0 Å². The van der Waals surface area contributed by atoms with Crippen LogP contribution in [0.25, 0.3) is 0 Å². The lowest BCUT2D eigenvalue weighted by Crippen LogP contribution is -2.01. The predicted octanol–water partition coefficient (Wildman–Crippen LogP) is 2.05. The summed E-state index contributed by atoms with van der Waals surface area (Å²) in [5.41, 5.74) is 8.03. The molecule has 96 valence electrons. The smallest absolute Gasteiger partial charge is 0.226 e. The molecule has 4 heteroatoms. The Labute approximate surface area is 107 Å². The summed E-state index contributed by atoms with van der Waals surface area (Å²) in [5, 5.41) is 3.94. The van der Waals surface area contributed by atoms with Crippen LogP contribution in [0.5, 0.6) is 0 Å². The van der Waals surface area contributed by atoms with E-state index in [4.69, 9.17) is 10.3 Å². The minimum absolute atomic E-state index is 0.660. The molecular weight excluding hydrogens is 226 g/mol. The van der Waals surface area contributed by atoms with Gasteiger partial charge in [0.1, 0.15) is 0 Å². The average molecular weight is 245 g/mol. The molecule has 0 bridgehead atoms. The highest BCUT2D eigenvalue weighted by atomic mass is 16.5. The summed E-state index contributed by atoms with van der Waals surface area (Å²) >= 11 is 0. The number of benzene rings is 1. The van der Waals surface area contributed by atoms with Crippen molar-refractivity contribution in [1.82, 2.24) is 10.1 Å². The van der Waals surface area contributed by atoms with Crippen molar-refractivity contribution in [2.75, 3.05) is 6.54 Å². The lowest BCUT2D eigenvalue weighted by molar-refractivity contribution is 0.372. The number of aromatic nitrogens is 2. The Bertz CT molecular complexity index is 493. The predicted molar refractivity (Wildman–Crippen MR) is 70.3 cm³/mol. The topological polar surface area (TPSA) is 64.9 Å². The van der Waals surface area contributed by atoms with Gasteiger partial charge in [-0.3, -0.25) is 0 Å². The van der Waals surface area contributed by atoms with Gasteiger partial charge in [0.05, 0.1) is 0 Å². The maximum atomic E-state index is 5.45. The summed E-state index contributed by atoms with van der Waals surface area (Å²) in [4.78, 5) is 4.35. The molecule has 18 heavy (non-hydrogen) atoms. The van der Waals surface area contributed by atoms with Crippen LogP contribution in [0.1, 0.15) is 29.3 Å². The molecule has 1 aromatic carbocycles. The van der Waals surface area contributed by atoms with Crippen LogP contribution in [0.15, 0.2) is 28.8 Å². The Kier molecular flexibility index (Phi) is 4.47. The molecule has 4 nitrogen and oxygen atoms in total. The van der Waals surface area contributed by atoms with Gasteiger partial charge in [-0.2, -0.15) is 4.98 Å². The van der Waals surface area contributed by atoms with Crippen molar-refractivity contribution in [1.29, 1.82) is 0 Å². The Hall–Kier alpha value is -1.68. The van der Waals surface area contributed by atoms with E-state index in [1.807, 2.05) is 0 Å². The average Bonchev–Trinajstić information content (AvgIpc) is 2.82. The second-order valence-electron chi connectivity index (χ2n) is 4.49. The third kappa shape index (κ3) is 3.67. The molecule has 0 atom stereocenters. The van der Waals surface area contributed by atoms with Crippen molar-refractivity contribution >= 4 is 0 Å². The molecule has 1 heterocycles. The lowest BCUT2D eigenvalue weighted by atomic mass is 10.1. The van der Waals surface area contributed by atoms with Crippen LogP contribution in [0.2, 0.25) is 0 Å². The molecule has 2 rings (SSSR count). The third-order valence-corrected chi connectivity index (χ3v) is 2.82. The molecule has 0 saturated heterocycles. The molecule has 0 unspecified atom stereocenters. The van der Waals surface area contributed by atoms with Crippen LogP contribution in [0, 0.1) is 6.92 Å². The fourth-order valence-electron chi connectivity index (χ4n) is 1.87. The molecule has 0 aliphatic heterocycles. The monoisotopic (exact) mass is 245 g/mol. The molecule has 0 aliphatic carbocycles. The molecule has 0 spiro atoms. The zero-order chi connectivity index (χ0) is 12.8. The maximum absolute atomic E-state index is 5.45. The Morgan fingerprint density at radius 1 is 1.22 bits per heavy atom. The van der Waals surface area contributed by atoms with Gasteiger partial charge in [0.2, 0.25) is 5.89 Å². The van der Waals surface area contributed by atoms with Gasteiger partial charge in [0.25, 0.3) is 0 Å². The van der Waals surface area contributed by atoms with E-state index in [2.05, 4.69) is 41.3 Å². The summed E-state index contributed by atoms with van der Waals surface area (Å²) in [6, 6.07) is 8.48. The molecular formula is C14H19N3O. The van der Waals surface area contributed by atoms with Gasteiger partial charge in [-0.1, -0.05) is 35.0 Å². The lowest BCUT2D eigenvalue weighted by Gasteiger charge is -1.99. The van der Waals surface area contributed by atoms with Crippen LogP contribution in [0.3, 0.4) is 0 Å².